The van der Waals surface area contributed by atoms with Crippen LogP contribution in [0.3, 0.4) is 0 Å². The molecule has 0 saturated carbocycles. The van der Waals surface area contributed by atoms with Crippen LogP contribution in [-0.4, -0.2) is 38.2 Å². The second-order valence-corrected chi connectivity index (χ2v) is 4.49. The molecule has 0 spiro atoms. The van der Waals surface area contributed by atoms with E-state index < -0.39 is 0 Å². The Morgan fingerprint density at radius 2 is 2.39 bits per heavy atom. The highest BCUT2D eigenvalue weighted by molar-refractivity contribution is 6.05. The third-order valence-electron chi connectivity index (χ3n) is 3.41. The first-order valence-corrected chi connectivity index (χ1v) is 6.35. The Balaban J connectivity index is 2.03. The van der Waals surface area contributed by atoms with Crippen molar-refractivity contribution in [3.05, 3.63) is 18.2 Å². The number of hydrogen-bond acceptors (Lipinski definition) is 4. The number of para-hydroxylation sites is 1. The summed E-state index contributed by atoms with van der Waals surface area (Å²) in [5, 5.41) is 6.22. The van der Waals surface area contributed by atoms with Crippen LogP contribution in [0.4, 0.5) is 11.4 Å². The molecule has 1 amide bonds. The number of amides is 1. The first kappa shape index (κ1) is 11.3. The number of ether oxygens (including phenoxy) is 1. The van der Waals surface area contributed by atoms with Crippen LogP contribution < -0.4 is 20.3 Å². The Labute approximate surface area is 106 Å². The van der Waals surface area contributed by atoms with Crippen LogP contribution in [0.25, 0.3) is 0 Å². The van der Waals surface area contributed by atoms with Crippen LogP contribution in [0.1, 0.15) is 6.92 Å². The lowest BCUT2D eigenvalue weighted by atomic mass is 10.1. The summed E-state index contributed by atoms with van der Waals surface area (Å²) in [5.41, 5.74) is 1.87. The van der Waals surface area contributed by atoms with Crippen molar-refractivity contribution in [3.63, 3.8) is 0 Å². The van der Waals surface area contributed by atoms with E-state index in [1.807, 2.05) is 25.1 Å². The summed E-state index contributed by atoms with van der Waals surface area (Å²) in [6.07, 6.45) is 0. The molecule has 1 saturated heterocycles. The minimum Gasteiger partial charge on any atom is -0.492 e. The number of benzene rings is 1. The Bertz CT molecular complexity index is 475. The van der Waals surface area contributed by atoms with Gasteiger partial charge in [0.2, 0.25) is 5.91 Å². The SMILES string of the molecule is CCOc1cccc2c1NC(=O)C1CNCCN21. The van der Waals surface area contributed by atoms with Gasteiger partial charge in [0, 0.05) is 19.6 Å². The highest BCUT2D eigenvalue weighted by Gasteiger charge is 2.35. The smallest absolute Gasteiger partial charge is 0.248 e. The predicted octanol–water partition coefficient (Wildman–Crippen LogP) is 0.816. The molecule has 1 aromatic rings. The molecule has 0 radical (unpaired) electrons. The summed E-state index contributed by atoms with van der Waals surface area (Å²) in [6.45, 7) is 4.99. The molecule has 2 aliphatic rings. The summed E-state index contributed by atoms with van der Waals surface area (Å²) in [6, 6.07) is 5.80. The average Bonchev–Trinajstić information content (AvgIpc) is 2.41. The number of nitrogens with zero attached hydrogens (tertiary/aromatic N) is 1. The fourth-order valence-corrected chi connectivity index (χ4v) is 2.59. The molecule has 1 fully saturated rings. The first-order valence-electron chi connectivity index (χ1n) is 6.35. The maximum absolute atomic E-state index is 12.1. The van der Waals surface area contributed by atoms with E-state index in [9.17, 15) is 4.79 Å². The Morgan fingerprint density at radius 3 is 3.22 bits per heavy atom. The maximum atomic E-state index is 12.1. The van der Waals surface area contributed by atoms with E-state index >= 15 is 0 Å². The topological polar surface area (TPSA) is 53.6 Å². The fourth-order valence-electron chi connectivity index (χ4n) is 2.59. The van der Waals surface area contributed by atoms with Crippen molar-refractivity contribution < 1.29 is 9.53 Å². The molecule has 5 nitrogen and oxygen atoms in total. The standard InChI is InChI=1S/C13H17N3O2/c1-2-18-11-5-3-4-9-12(11)15-13(17)10-8-14-6-7-16(9)10/h3-5,10,14H,2,6-8H2,1H3,(H,15,17). The molecule has 0 aliphatic carbocycles. The molecule has 2 aliphatic heterocycles. The lowest BCUT2D eigenvalue weighted by Crippen LogP contribution is -2.58. The minimum atomic E-state index is -0.108. The van der Waals surface area contributed by atoms with Crippen LogP contribution in [0, 0.1) is 0 Å². The monoisotopic (exact) mass is 247 g/mol. The van der Waals surface area contributed by atoms with Gasteiger partial charge < -0.3 is 20.3 Å². The van der Waals surface area contributed by atoms with Gasteiger partial charge in [-0.15, -0.1) is 0 Å². The van der Waals surface area contributed by atoms with Gasteiger partial charge in [-0.1, -0.05) is 6.07 Å². The van der Waals surface area contributed by atoms with E-state index in [0.29, 0.717) is 13.2 Å². The van der Waals surface area contributed by atoms with Gasteiger partial charge in [0.25, 0.3) is 0 Å². The van der Waals surface area contributed by atoms with Crippen molar-refractivity contribution in [3.8, 4) is 5.75 Å². The summed E-state index contributed by atoms with van der Waals surface area (Å²) in [4.78, 5) is 14.3. The molecule has 18 heavy (non-hydrogen) atoms. The van der Waals surface area contributed by atoms with Crippen molar-refractivity contribution in [1.82, 2.24) is 5.32 Å². The molecule has 2 N–H and O–H groups in total. The Morgan fingerprint density at radius 1 is 1.50 bits per heavy atom. The third-order valence-corrected chi connectivity index (χ3v) is 3.41. The lowest BCUT2D eigenvalue weighted by Gasteiger charge is -2.41. The molecule has 1 unspecified atom stereocenters. The highest BCUT2D eigenvalue weighted by atomic mass is 16.5. The molecule has 96 valence electrons. The van der Waals surface area contributed by atoms with Crippen LogP contribution in [0.15, 0.2) is 18.2 Å². The van der Waals surface area contributed by atoms with Gasteiger partial charge in [-0.05, 0) is 19.1 Å². The quantitative estimate of drug-likeness (QED) is 0.812. The molecule has 5 heteroatoms. The predicted molar refractivity (Wildman–Crippen MR) is 70.2 cm³/mol. The highest BCUT2D eigenvalue weighted by Crippen LogP contribution is 2.39. The second-order valence-electron chi connectivity index (χ2n) is 4.49. The van der Waals surface area contributed by atoms with Gasteiger partial charge in [-0.25, -0.2) is 0 Å². The van der Waals surface area contributed by atoms with E-state index in [-0.39, 0.29) is 11.9 Å². The fraction of sp³-hybridized carbons (Fsp3) is 0.462. The molecule has 0 aromatic heterocycles. The van der Waals surface area contributed by atoms with Crippen molar-refractivity contribution in [2.75, 3.05) is 36.5 Å². The van der Waals surface area contributed by atoms with E-state index in [0.717, 1.165) is 30.2 Å². The average molecular weight is 247 g/mol. The Hall–Kier alpha value is -1.75. The van der Waals surface area contributed by atoms with Gasteiger partial charge in [0.1, 0.15) is 17.5 Å². The molecule has 1 aromatic carbocycles. The van der Waals surface area contributed by atoms with Crippen molar-refractivity contribution in [2.45, 2.75) is 13.0 Å². The summed E-state index contributed by atoms with van der Waals surface area (Å²) in [7, 11) is 0. The molecule has 0 bridgehead atoms. The van der Waals surface area contributed by atoms with Crippen molar-refractivity contribution in [2.24, 2.45) is 0 Å². The second kappa shape index (κ2) is 4.49. The van der Waals surface area contributed by atoms with E-state index in [2.05, 4.69) is 15.5 Å². The van der Waals surface area contributed by atoms with Crippen LogP contribution in [0.2, 0.25) is 0 Å². The maximum Gasteiger partial charge on any atom is 0.248 e. The zero-order chi connectivity index (χ0) is 12.5. The van der Waals surface area contributed by atoms with Gasteiger partial charge in [-0.3, -0.25) is 4.79 Å². The van der Waals surface area contributed by atoms with Crippen LogP contribution in [0.5, 0.6) is 5.75 Å². The number of piperazine rings is 1. The zero-order valence-corrected chi connectivity index (χ0v) is 10.4. The molecular formula is C13H17N3O2. The summed E-state index contributed by atoms with van der Waals surface area (Å²) < 4.78 is 5.58. The largest absolute Gasteiger partial charge is 0.492 e. The van der Waals surface area contributed by atoms with Crippen LogP contribution in [-0.2, 0) is 4.79 Å². The van der Waals surface area contributed by atoms with E-state index in [4.69, 9.17) is 4.74 Å². The number of hydrogen-bond donors (Lipinski definition) is 2. The van der Waals surface area contributed by atoms with Crippen molar-refractivity contribution in [1.29, 1.82) is 0 Å². The van der Waals surface area contributed by atoms with E-state index in [1.165, 1.54) is 0 Å². The van der Waals surface area contributed by atoms with Gasteiger partial charge >= 0.3 is 0 Å². The number of rotatable bonds is 2. The lowest BCUT2D eigenvalue weighted by molar-refractivity contribution is -0.117. The summed E-state index contributed by atoms with van der Waals surface area (Å²) >= 11 is 0. The first-order chi connectivity index (χ1) is 8.81. The molecule has 1 atom stereocenters. The number of carbonyl (C=O) groups excluding carboxylic acids is 1. The number of nitrogens with one attached hydrogen (secondary N) is 2. The van der Waals surface area contributed by atoms with Gasteiger partial charge in [-0.2, -0.15) is 0 Å². The number of fused-ring (bicyclic) bond motifs is 3. The van der Waals surface area contributed by atoms with Gasteiger partial charge in [0.15, 0.2) is 0 Å². The number of anilines is 2. The Kier molecular flexibility index (Phi) is 2.83. The van der Waals surface area contributed by atoms with E-state index in [1.54, 1.807) is 0 Å². The number of carbonyl (C=O) groups is 1. The third kappa shape index (κ3) is 1.71. The summed E-state index contributed by atoms with van der Waals surface area (Å²) in [5.74, 6) is 0.794. The zero-order valence-electron chi connectivity index (χ0n) is 10.4. The molecule has 2 heterocycles. The minimum absolute atomic E-state index is 0.0434. The molecule has 3 rings (SSSR count). The van der Waals surface area contributed by atoms with Crippen molar-refractivity contribution >= 4 is 17.3 Å². The molecular weight excluding hydrogens is 230 g/mol. The normalized spacial score (nSPS) is 21.9. The van der Waals surface area contributed by atoms with Crippen LogP contribution >= 0.6 is 0 Å². The van der Waals surface area contributed by atoms with Gasteiger partial charge in [0.05, 0.1) is 12.3 Å².